The molecule has 3 nitrogen and oxygen atoms in total. The molecule has 0 aliphatic rings. The number of thioether (sulfide) groups is 1. The van der Waals surface area contributed by atoms with Crippen molar-refractivity contribution in [2.45, 2.75) is 11.1 Å². The van der Waals surface area contributed by atoms with E-state index in [1.807, 2.05) is 0 Å². The van der Waals surface area contributed by atoms with E-state index < -0.39 is 12.1 Å². The first kappa shape index (κ1) is 15.0. The molecule has 0 spiro atoms. The second-order valence-corrected chi connectivity index (χ2v) is 4.47. The average Bonchev–Trinajstić information content (AvgIpc) is 2.27. The van der Waals surface area contributed by atoms with Gasteiger partial charge < -0.3 is 5.32 Å². The van der Waals surface area contributed by atoms with Crippen molar-refractivity contribution in [2.75, 3.05) is 5.32 Å². The summed E-state index contributed by atoms with van der Waals surface area (Å²) in [4.78, 5) is 11.0. The van der Waals surface area contributed by atoms with Gasteiger partial charge in [-0.15, -0.1) is 0 Å². The molecule has 0 radical (unpaired) electrons. The topological polar surface area (TPSA) is 52.9 Å². The number of anilines is 1. The number of carbonyl (C=O) groups excluding carboxylic acids is 1. The lowest BCUT2D eigenvalue weighted by molar-refractivity contribution is -0.167. The van der Waals surface area contributed by atoms with E-state index in [-0.39, 0.29) is 20.6 Å². The van der Waals surface area contributed by atoms with Gasteiger partial charge in [0.05, 0.1) is 15.7 Å². The van der Waals surface area contributed by atoms with Crippen LogP contribution in [-0.2, 0) is 4.79 Å². The number of carbonyl (C=O) groups is 1. The van der Waals surface area contributed by atoms with Crippen LogP contribution in [0.1, 0.15) is 0 Å². The molecular weight excluding hydrogens is 312 g/mol. The predicted molar refractivity (Wildman–Crippen MR) is 62.6 cm³/mol. The zero-order valence-electron chi connectivity index (χ0n) is 8.31. The fourth-order valence-corrected chi connectivity index (χ4v) is 1.92. The van der Waals surface area contributed by atoms with Crippen LogP contribution in [0.2, 0.25) is 10.0 Å². The Morgan fingerprint density at radius 2 is 1.94 bits per heavy atom. The number of nitrogens with zero attached hydrogens (tertiary/aromatic N) is 1. The van der Waals surface area contributed by atoms with Crippen LogP contribution in [0.25, 0.3) is 0 Å². The molecule has 1 aromatic rings. The van der Waals surface area contributed by atoms with Crippen LogP contribution in [0.5, 0.6) is 0 Å². The van der Waals surface area contributed by atoms with Gasteiger partial charge in [-0.2, -0.15) is 18.4 Å². The van der Waals surface area contributed by atoms with Gasteiger partial charge in [0.1, 0.15) is 5.40 Å². The lowest BCUT2D eigenvalue weighted by Gasteiger charge is -2.11. The number of halogens is 5. The molecule has 0 aromatic heterocycles. The molecule has 0 unspecified atom stereocenters. The summed E-state index contributed by atoms with van der Waals surface area (Å²) >= 11 is 12.1. The Bertz CT molecular complexity index is 528. The van der Waals surface area contributed by atoms with Crippen molar-refractivity contribution < 1.29 is 18.0 Å². The average molecular weight is 315 g/mol. The molecule has 18 heavy (non-hydrogen) atoms. The molecule has 1 N–H and O–H groups in total. The Hall–Kier alpha value is -1.10. The minimum absolute atomic E-state index is 0.0943. The van der Waals surface area contributed by atoms with Crippen molar-refractivity contribution >= 4 is 46.6 Å². The van der Waals surface area contributed by atoms with Crippen LogP contribution in [-0.4, -0.2) is 12.1 Å². The van der Waals surface area contributed by atoms with E-state index in [0.29, 0.717) is 11.8 Å². The fraction of sp³-hybridized carbons (Fsp3) is 0.111. The number of nitriles is 1. The summed E-state index contributed by atoms with van der Waals surface area (Å²) in [5.41, 5.74) is -0.272. The number of rotatable bonds is 2. The first-order valence-corrected chi connectivity index (χ1v) is 5.76. The lowest BCUT2D eigenvalue weighted by atomic mass is 10.3. The summed E-state index contributed by atoms with van der Waals surface area (Å²) in [5.74, 6) is -2.15. The van der Waals surface area contributed by atoms with Gasteiger partial charge in [0.2, 0.25) is 0 Å². The molecular formula is C9H3Cl2F3N2OS. The molecule has 0 fully saturated rings. The Balaban J connectivity index is 3.04. The van der Waals surface area contributed by atoms with Crippen molar-refractivity contribution in [3.05, 3.63) is 22.2 Å². The summed E-state index contributed by atoms with van der Waals surface area (Å²) in [5, 5.41) is 11.4. The fourth-order valence-electron chi connectivity index (χ4n) is 0.949. The molecule has 0 aliphatic carbocycles. The highest BCUT2D eigenvalue weighted by atomic mass is 35.5. The Labute approximate surface area is 114 Å². The number of benzene rings is 1. The molecule has 0 aliphatic heterocycles. The monoisotopic (exact) mass is 314 g/mol. The van der Waals surface area contributed by atoms with E-state index in [1.54, 1.807) is 10.7 Å². The number of amides is 1. The molecule has 96 valence electrons. The highest BCUT2D eigenvalue weighted by molar-refractivity contribution is 8.03. The van der Waals surface area contributed by atoms with Crippen LogP contribution in [0.4, 0.5) is 18.9 Å². The van der Waals surface area contributed by atoms with Crippen LogP contribution in [0.15, 0.2) is 17.0 Å². The highest BCUT2D eigenvalue weighted by Gasteiger charge is 2.39. The van der Waals surface area contributed by atoms with E-state index in [2.05, 4.69) is 0 Å². The maximum absolute atomic E-state index is 12.0. The van der Waals surface area contributed by atoms with E-state index in [9.17, 15) is 18.0 Å². The third-order valence-electron chi connectivity index (χ3n) is 1.71. The van der Waals surface area contributed by atoms with E-state index in [1.165, 1.54) is 6.07 Å². The number of hydrogen-bond acceptors (Lipinski definition) is 3. The van der Waals surface area contributed by atoms with Gasteiger partial charge in [0.25, 0.3) is 0 Å². The van der Waals surface area contributed by atoms with Gasteiger partial charge >= 0.3 is 12.1 Å². The van der Waals surface area contributed by atoms with E-state index in [0.717, 1.165) is 6.07 Å². The smallest absolute Gasteiger partial charge is 0.317 e. The van der Waals surface area contributed by atoms with Crippen molar-refractivity contribution in [1.29, 1.82) is 5.26 Å². The first-order chi connectivity index (χ1) is 8.27. The number of nitrogens with one attached hydrogen (secondary N) is 1. The number of hydrogen-bond donors (Lipinski definition) is 1. The standard InChI is InChI=1S/C9H3Cl2F3N2OS/c10-6-4(16-8(17)9(12,13)14)1-2-5(7(6)11)18-3-15/h1-2H,(H,16,17). The lowest BCUT2D eigenvalue weighted by Crippen LogP contribution is -2.30. The molecule has 0 bridgehead atoms. The molecule has 1 amide bonds. The summed E-state index contributed by atoms with van der Waals surface area (Å²) in [6.07, 6.45) is -5.02. The van der Waals surface area contributed by atoms with Gasteiger partial charge in [0.15, 0.2) is 0 Å². The SMILES string of the molecule is N#CSc1ccc(NC(=O)C(F)(F)F)c(Cl)c1Cl. The number of thiocyanates is 1. The van der Waals surface area contributed by atoms with Crippen molar-refractivity contribution in [3.63, 3.8) is 0 Å². The Kier molecular flexibility index (Phi) is 4.73. The predicted octanol–water partition coefficient (Wildman–Crippen LogP) is 4.07. The minimum Gasteiger partial charge on any atom is -0.317 e. The van der Waals surface area contributed by atoms with Gasteiger partial charge in [-0.05, 0) is 23.9 Å². The second-order valence-electron chi connectivity index (χ2n) is 2.88. The van der Waals surface area contributed by atoms with Gasteiger partial charge in [-0.25, -0.2) is 0 Å². The van der Waals surface area contributed by atoms with Crippen molar-refractivity contribution in [1.82, 2.24) is 0 Å². The van der Waals surface area contributed by atoms with Crippen LogP contribution < -0.4 is 5.32 Å². The van der Waals surface area contributed by atoms with Gasteiger partial charge in [0, 0.05) is 4.90 Å². The zero-order chi connectivity index (χ0) is 13.9. The molecule has 9 heteroatoms. The quantitative estimate of drug-likeness (QED) is 0.661. The zero-order valence-corrected chi connectivity index (χ0v) is 10.6. The Morgan fingerprint density at radius 3 is 2.44 bits per heavy atom. The van der Waals surface area contributed by atoms with Crippen molar-refractivity contribution in [2.24, 2.45) is 0 Å². The molecule has 0 saturated carbocycles. The first-order valence-electron chi connectivity index (χ1n) is 4.19. The minimum atomic E-state index is -5.02. The molecule has 1 aromatic carbocycles. The third kappa shape index (κ3) is 3.45. The summed E-state index contributed by atoms with van der Waals surface area (Å²) in [6.45, 7) is 0. The Morgan fingerprint density at radius 1 is 1.33 bits per heavy atom. The second kappa shape index (κ2) is 5.69. The number of alkyl halides is 3. The summed E-state index contributed by atoms with van der Waals surface area (Å²) in [6, 6.07) is 2.42. The maximum atomic E-state index is 12.0. The van der Waals surface area contributed by atoms with Gasteiger partial charge in [-0.3, -0.25) is 4.79 Å². The van der Waals surface area contributed by atoms with E-state index >= 15 is 0 Å². The van der Waals surface area contributed by atoms with Crippen LogP contribution >= 0.6 is 35.0 Å². The third-order valence-corrected chi connectivity index (χ3v) is 3.35. The largest absolute Gasteiger partial charge is 0.471 e. The molecule has 0 atom stereocenters. The van der Waals surface area contributed by atoms with Crippen LogP contribution in [0, 0.1) is 10.7 Å². The van der Waals surface area contributed by atoms with Gasteiger partial charge in [-0.1, -0.05) is 23.2 Å². The summed E-state index contributed by atoms with van der Waals surface area (Å²) in [7, 11) is 0. The molecule has 0 saturated heterocycles. The maximum Gasteiger partial charge on any atom is 0.471 e. The van der Waals surface area contributed by atoms with E-state index in [4.69, 9.17) is 28.5 Å². The summed E-state index contributed by atoms with van der Waals surface area (Å²) < 4.78 is 36.1. The normalized spacial score (nSPS) is 10.9. The highest BCUT2D eigenvalue weighted by Crippen LogP contribution is 2.38. The van der Waals surface area contributed by atoms with Crippen LogP contribution in [0.3, 0.4) is 0 Å². The molecule has 0 heterocycles. The van der Waals surface area contributed by atoms with Crippen molar-refractivity contribution in [3.8, 4) is 5.40 Å². The molecule has 1 rings (SSSR count).